The van der Waals surface area contributed by atoms with Crippen LogP contribution in [0.3, 0.4) is 0 Å². The van der Waals surface area contributed by atoms with Crippen molar-refractivity contribution >= 4 is 16.9 Å². The van der Waals surface area contributed by atoms with Crippen LogP contribution in [0.1, 0.15) is 35.6 Å². The number of carbonyl (C=O) groups is 1. The van der Waals surface area contributed by atoms with Gasteiger partial charge in [-0.1, -0.05) is 6.92 Å². The summed E-state index contributed by atoms with van der Waals surface area (Å²) in [6, 6.07) is 7.05. The number of hydrogen-bond donors (Lipinski definition) is 2. The van der Waals surface area contributed by atoms with Gasteiger partial charge in [-0.05, 0) is 44.8 Å². The fourth-order valence-electron chi connectivity index (χ4n) is 4.58. The van der Waals surface area contributed by atoms with Gasteiger partial charge in [-0.25, -0.2) is 9.78 Å². The van der Waals surface area contributed by atoms with E-state index in [2.05, 4.69) is 0 Å². The SMILES string of the molecule is CC[C@]1(O)C(=O)OCc2c1cc1n(c2=O)Cc2cc3c(CN(C)C)c(O)ccc3nc2-1. The third-order valence-electron chi connectivity index (χ3n) is 6.25. The number of fused-ring (bicyclic) bond motifs is 5. The Morgan fingerprint density at radius 1 is 1.26 bits per heavy atom. The van der Waals surface area contributed by atoms with Crippen LogP contribution in [0.15, 0.2) is 29.1 Å². The number of hydrogen-bond acceptors (Lipinski definition) is 7. The molecule has 0 aliphatic carbocycles. The van der Waals surface area contributed by atoms with Gasteiger partial charge in [0.1, 0.15) is 12.4 Å². The Hall–Kier alpha value is -3.23. The van der Waals surface area contributed by atoms with Gasteiger partial charge in [0, 0.05) is 28.6 Å². The van der Waals surface area contributed by atoms with Crippen molar-refractivity contribution in [2.24, 2.45) is 0 Å². The Morgan fingerprint density at radius 3 is 2.74 bits per heavy atom. The number of phenolic OH excluding ortho intramolecular Hbond substituents is 1. The van der Waals surface area contributed by atoms with Crippen LogP contribution in [0.4, 0.5) is 0 Å². The number of nitrogens with zero attached hydrogens (tertiary/aromatic N) is 3. The third-order valence-corrected chi connectivity index (χ3v) is 6.25. The number of ether oxygens (including phenoxy) is 1. The number of aromatic nitrogens is 2. The van der Waals surface area contributed by atoms with Crippen molar-refractivity contribution in [2.75, 3.05) is 14.1 Å². The third kappa shape index (κ3) is 2.72. The van der Waals surface area contributed by atoms with Gasteiger partial charge in [-0.2, -0.15) is 0 Å². The lowest BCUT2D eigenvalue weighted by molar-refractivity contribution is -0.172. The highest BCUT2D eigenvalue weighted by Gasteiger charge is 2.45. The highest BCUT2D eigenvalue weighted by Crippen LogP contribution is 2.39. The van der Waals surface area contributed by atoms with E-state index < -0.39 is 11.6 Å². The lowest BCUT2D eigenvalue weighted by Crippen LogP contribution is -2.44. The molecule has 31 heavy (non-hydrogen) atoms. The van der Waals surface area contributed by atoms with E-state index in [4.69, 9.17) is 9.72 Å². The molecule has 0 fully saturated rings. The monoisotopic (exact) mass is 421 g/mol. The summed E-state index contributed by atoms with van der Waals surface area (Å²) in [5.41, 5.74) is 2.03. The zero-order chi connectivity index (χ0) is 22.1. The molecule has 2 aliphatic heterocycles. The van der Waals surface area contributed by atoms with E-state index in [9.17, 15) is 19.8 Å². The van der Waals surface area contributed by atoms with E-state index >= 15 is 0 Å². The lowest BCUT2D eigenvalue weighted by atomic mass is 9.86. The molecule has 8 nitrogen and oxygen atoms in total. The molecule has 0 spiro atoms. The van der Waals surface area contributed by atoms with E-state index in [1.165, 1.54) is 0 Å². The molecule has 5 rings (SSSR count). The van der Waals surface area contributed by atoms with Crippen molar-refractivity contribution in [3.05, 3.63) is 56.9 Å². The first-order valence-corrected chi connectivity index (χ1v) is 10.2. The number of rotatable bonds is 3. The molecular weight excluding hydrogens is 398 g/mol. The summed E-state index contributed by atoms with van der Waals surface area (Å²) in [6.45, 7) is 2.41. The molecule has 3 aromatic rings. The zero-order valence-electron chi connectivity index (χ0n) is 17.6. The summed E-state index contributed by atoms with van der Waals surface area (Å²) in [5.74, 6) is -0.532. The molecule has 0 radical (unpaired) electrons. The molecule has 2 aromatic heterocycles. The molecule has 0 saturated carbocycles. The molecule has 0 amide bonds. The Balaban J connectivity index is 1.75. The number of carbonyl (C=O) groups excluding carboxylic acids is 1. The molecule has 1 atom stereocenters. The van der Waals surface area contributed by atoms with Crippen molar-refractivity contribution in [3.8, 4) is 17.1 Å². The number of pyridine rings is 2. The predicted octanol–water partition coefficient (Wildman–Crippen LogP) is 1.85. The van der Waals surface area contributed by atoms with Crippen LogP contribution >= 0.6 is 0 Å². The molecule has 1 aromatic carbocycles. The smallest absolute Gasteiger partial charge is 0.343 e. The van der Waals surface area contributed by atoms with Gasteiger partial charge in [-0.3, -0.25) is 4.79 Å². The van der Waals surface area contributed by atoms with Crippen LogP contribution in [-0.2, 0) is 34.8 Å². The van der Waals surface area contributed by atoms with Gasteiger partial charge in [0.05, 0.1) is 29.0 Å². The quantitative estimate of drug-likeness (QED) is 0.487. The number of cyclic esters (lactones) is 1. The van der Waals surface area contributed by atoms with Crippen LogP contribution in [0.25, 0.3) is 22.3 Å². The second-order valence-electron chi connectivity index (χ2n) is 8.47. The molecule has 2 N–H and O–H groups in total. The van der Waals surface area contributed by atoms with Crippen molar-refractivity contribution < 1.29 is 19.7 Å². The minimum atomic E-state index is -1.84. The Labute approximate surface area is 178 Å². The summed E-state index contributed by atoms with van der Waals surface area (Å²) >= 11 is 0. The molecule has 0 unspecified atom stereocenters. The highest BCUT2D eigenvalue weighted by molar-refractivity contribution is 5.89. The number of aromatic hydroxyl groups is 1. The van der Waals surface area contributed by atoms with Crippen molar-refractivity contribution in [1.29, 1.82) is 0 Å². The number of aliphatic hydroxyl groups is 1. The van der Waals surface area contributed by atoms with Crippen molar-refractivity contribution in [2.45, 2.75) is 38.6 Å². The van der Waals surface area contributed by atoms with E-state index in [0.29, 0.717) is 41.1 Å². The second kappa shape index (κ2) is 6.63. The first kappa shape index (κ1) is 19.7. The average molecular weight is 421 g/mol. The van der Waals surface area contributed by atoms with Crippen molar-refractivity contribution in [1.82, 2.24) is 14.5 Å². The number of benzene rings is 1. The highest BCUT2D eigenvalue weighted by atomic mass is 16.6. The zero-order valence-corrected chi connectivity index (χ0v) is 17.6. The van der Waals surface area contributed by atoms with Gasteiger partial charge in [0.2, 0.25) is 0 Å². The first-order chi connectivity index (χ1) is 14.7. The molecule has 4 heterocycles. The molecule has 0 saturated heterocycles. The second-order valence-corrected chi connectivity index (χ2v) is 8.47. The average Bonchev–Trinajstić information content (AvgIpc) is 3.10. The molecule has 2 aliphatic rings. The Kier molecular flexibility index (Phi) is 4.22. The van der Waals surface area contributed by atoms with Crippen LogP contribution in [-0.4, -0.2) is 44.7 Å². The molecule has 8 heteroatoms. The van der Waals surface area contributed by atoms with Crippen LogP contribution in [0.2, 0.25) is 0 Å². The molecular formula is C23H23N3O5. The largest absolute Gasteiger partial charge is 0.508 e. The summed E-state index contributed by atoms with van der Waals surface area (Å²) in [6.07, 6.45) is 0.104. The maximum Gasteiger partial charge on any atom is 0.343 e. The van der Waals surface area contributed by atoms with E-state index in [-0.39, 0.29) is 24.3 Å². The van der Waals surface area contributed by atoms with Gasteiger partial charge in [-0.15, -0.1) is 0 Å². The maximum atomic E-state index is 13.2. The van der Waals surface area contributed by atoms with E-state index in [0.717, 1.165) is 16.5 Å². The van der Waals surface area contributed by atoms with Crippen LogP contribution < -0.4 is 5.56 Å². The van der Waals surface area contributed by atoms with Crippen molar-refractivity contribution in [3.63, 3.8) is 0 Å². The van der Waals surface area contributed by atoms with E-state index in [1.807, 2.05) is 25.1 Å². The Morgan fingerprint density at radius 2 is 2.03 bits per heavy atom. The fraction of sp³-hybridized carbons (Fsp3) is 0.348. The topological polar surface area (TPSA) is 105 Å². The van der Waals surface area contributed by atoms with Gasteiger partial charge in [0.15, 0.2) is 5.60 Å². The summed E-state index contributed by atoms with van der Waals surface area (Å²) < 4.78 is 6.71. The minimum Gasteiger partial charge on any atom is -0.508 e. The van der Waals surface area contributed by atoms with Gasteiger partial charge < -0.3 is 24.4 Å². The van der Waals surface area contributed by atoms with Gasteiger partial charge >= 0.3 is 5.97 Å². The van der Waals surface area contributed by atoms with Crippen LogP contribution in [0, 0.1) is 0 Å². The standard InChI is InChI=1S/C23H23N3O5/c1-4-23(30)16-8-18-20-12(9-26(18)21(28)15(16)11-31-22(23)29)7-13-14(10-25(2)3)19(27)6-5-17(13)24-20/h5-8,27,30H,4,9-11H2,1-3H3/t23-/m1/s1. The summed E-state index contributed by atoms with van der Waals surface area (Å²) in [7, 11) is 3.86. The van der Waals surface area contributed by atoms with E-state index in [1.54, 1.807) is 29.7 Å². The normalized spacial score (nSPS) is 19.3. The fourth-order valence-corrected chi connectivity index (χ4v) is 4.58. The number of phenols is 1. The minimum absolute atomic E-state index is 0.104. The predicted molar refractivity (Wildman–Crippen MR) is 114 cm³/mol. The molecule has 0 bridgehead atoms. The summed E-state index contributed by atoms with van der Waals surface area (Å²) in [4.78, 5) is 32.3. The van der Waals surface area contributed by atoms with Crippen LogP contribution in [0.5, 0.6) is 5.75 Å². The molecule has 160 valence electrons. The summed E-state index contributed by atoms with van der Waals surface area (Å²) in [5, 5.41) is 22.2. The Bertz CT molecular complexity index is 1330. The number of esters is 1. The first-order valence-electron chi connectivity index (χ1n) is 10.2. The maximum absolute atomic E-state index is 13.2. The lowest BCUT2D eigenvalue weighted by Gasteiger charge is -2.31. The van der Waals surface area contributed by atoms with Gasteiger partial charge in [0.25, 0.3) is 5.56 Å².